The molecule has 220 valence electrons. The molecule has 41 heavy (non-hydrogen) atoms. The van der Waals surface area contributed by atoms with Crippen molar-refractivity contribution in [2.75, 3.05) is 26.1 Å². The van der Waals surface area contributed by atoms with Crippen LogP contribution in [-0.4, -0.2) is 48.0 Å². The van der Waals surface area contributed by atoms with E-state index in [2.05, 4.69) is 34.3 Å². The van der Waals surface area contributed by atoms with Gasteiger partial charge in [0.05, 0.1) is 30.7 Å². The largest absolute Gasteiger partial charge is 0.496 e. The van der Waals surface area contributed by atoms with Crippen molar-refractivity contribution < 1.29 is 23.4 Å². The molecule has 1 unspecified atom stereocenters. The number of nitrogens with one attached hydrogen (secondary N) is 1. The molecule has 0 aliphatic rings. The number of amides is 1. The second kappa shape index (κ2) is 17.0. The van der Waals surface area contributed by atoms with E-state index in [1.54, 1.807) is 38.3 Å². The van der Waals surface area contributed by atoms with Gasteiger partial charge in [0.25, 0.3) is 11.1 Å². The van der Waals surface area contributed by atoms with Crippen molar-refractivity contribution in [3.8, 4) is 5.19 Å². The predicted molar refractivity (Wildman–Crippen MR) is 164 cm³/mol. The fraction of sp³-hybridized carbons (Fsp3) is 0.355. The number of ether oxygens (including phenoxy) is 3. The summed E-state index contributed by atoms with van der Waals surface area (Å²) >= 11 is 1.09. The molecule has 2 rings (SSSR count). The van der Waals surface area contributed by atoms with Crippen molar-refractivity contribution >= 4 is 27.9 Å². The summed E-state index contributed by atoms with van der Waals surface area (Å²) in [6.45, 7) is 12.0. The summed E-state index contributed by atoms with van der Waals surface area (Å²) in [5.74, 6) is -0.261. The van der Waals surface area contributed by atoms with Gasteiger partial charge in [0.1, 0.15) is 12.4 Å². The average Bonchev–Trinajstić information content (AvgIpc) is 3.43. The van der Waals surface area contributed by atoms with E-state index < -0.39 is 5.91 Å². The lowest BCUT2D eigenvalue weighted by Crippen LogP contribution is -2.15. The SMILES string of the molecule is C/C=C\C=C(\OC)C(=CF)c1cc(C)ncc1C(=O)Nc1nnc(OCC(/C=C\C(=C/C)C(C)OC)=C(\C)CC)s1. The van der Waals surface area contributed by atoms with Gasteiger partial charge in [0, 0.05) is 24.6 Å². The molecule has 0 aliphatic heterocycles. The van der Waals surface area contributed by atoms with Crippen LogP contribution in [0.25, 0.3) is 5.57 Å². The van der Waals surface area contributed by atoms with Crippen LogP contribution in [0.1, 0.15) is 62.7 Å². The number of hydrogen-bond acceptors (Lipinski definition) is 8. The molecule has 0 bridgehead atoms. The first-order valence-corrected chi connectivity index (χ1v) is 14.0. The van der Waals surface area contributed by atoms with E-state index in [0.717, 1.165) is 28.9 Å². The Morgan fingerprint density at radius 1 is 1.20 bits per heavy atom. The highest BCUT2D eigenvalue weighted by atomic mass is 32.1. The van der Waals surface area contributed by atoms with Crippen LogP contribution in [-0.2, 0) is 9.47 Å². The summed E-state index contributed by atoms with van der Waals surface area (Å²) in [5, 5.41) is 11.4. The highest BCUT2D eigenvalue weighted by molar-refractivity contribution is 7.17. The Bertz CT molecular complexity index is 1370. The quantitative estimate of drug-likeness (QED) is 0.181. The number of methoxy groups -OCH3 is 2. The number of nitrogens with zero attached hydrogens (tertiary/aromatic N) is 3. The highest BCUT2D eigenvalue weighted by Gasteiger charge is 2.20. The zero-order chi connectivity index (χ0) is 30.4. The molecule has 0 spiro atoms. The number of allylic oxidation sites excluding steroid dienone is 6. The zero-order valence-electron chi connectivity index (χ0n) is 24.9. The lowest BCUT2D eigenvalue weighted by molar-refractivity contribution is 0.102. The van der Waals surface area contributed by atoms with Gasteiger partial charge >= 0.3 is 0 Å². The number of anilines is 1. The lowest BCUT2D eigenvalue weighted by atomic mass is 9.99. The molecule has 0 saturated carbocycles. The maximum atomic E-state index is 14.1. The molecule has 10 heteroatoms. The summed E-state index contributed by atoms with van der Waals surface area (Å²) in [4.78, 5) is 17.5. The second-order valence-electron chi connectivity index (χ2n) is 8.93. The molecule has 8 nitrogen and oxygen atoms in total. The maximum Gasteiger partial charge on any atom is 0.296 e. The molecule has 0 saturated heterocycles. The summed E-state index contributed by atoms with van der Waals surface area (Å²) in [6, 6.07) is 1.63. The van der Waals surface area contributed by atoms with Crippen LogP contribution in [0, 0.1) is 6.92 Å². The molecule has 1 amide bonds. The van der Waals surface area contributed by atoms with Crippen LogP contribution in [0.15, 0.2) is 77.5 Å². The van der Waals surface area contributed by atoms with Crippen molar-refractivity contribution in [3.05, 3.63) is 94.3 Å². The van der Waals surface area contributed by atoms with E-state index in [9.17, 15) is 9.18 Å². The highest BCUT2D eigenvalue weighted by Crippen LogP contribution is 2.29. The first-order valence-electron chi connectivity index (χ1n) is 13.2. The van der Waals surface area contributed by atoms with Crippen LogP contribution in [0.2, 0.25) is 0 Å². The molecule has 0 aromatic carbocycles. The van der Waals surface area contributed by atoms with Crippen molar-refractivity contribution in [2.45, 2.75) is 54.1 Å². The van der Waals surface area contributed by atoms with Crippen LogP contribution >= 0.6 is 11.3 Å². The van der Waals surface area contributed by atoms with E-state index in [-0.39, 0.29) is 34.7 Å². The lowest BCUT2D eigenvalue weighted by Gasteiger charge is -2.14. The maximum absolute atomic E-state index is 14.1. The molecule has 2 heterocycles. The van der Waals surface area contributed by atoms with Crippen molar-refractivity contribution in [2.24, 2.45) is 0 Å². The average molecular weight is 583 g/mol. The number of hydrogen-bond donors (Lipinski definition) is 1. The molecule has 0 radical (unpaired) electrons. The van der Waals surface area contributed by atoms with Crippen LogP contribution < -0.4 is 10.1 Å². The van der Waals surface area contributed by atoms with Gasteiger partial charge in [0.15, 0.2) is 0 Å². The summed E-state index contributed by atoms with van der Waals surface area (Å²) < 4.78 is 30.8. The van der Waals surface area contributed by atoms with Crippen molar-refractivity contribution in [1.29, 1.82) is 0 Å². The summed E-state index contributed by atoms with van der Waals surface area (Å²) in [6.07, 6.45) is 13.8. The first kappa shape index (κ1) is 33.3. The standard InChI is InChI=1S/C31H39FN4O4S/c1-9-12-13-28(39-8)26(17-32)25-16-21(5)33-18-27(25)29(37)34-30-35-36-31(41-30)40-19-24(20(4)10-2)15-14-23(11-3)22(6)38-7/h9,11-18,22H,10,19H2,1-8H3,(H,34,35,37)/b12-9-,15-14-,23-11+,24-20+,26-17?,28-13+. The molecule has 1 N–H and O–H groups in total. The van der Waals surface area contributed by atoms with Crippen molar-refractivity contribution in [3.63, 3.8) is 0 Å². The van der Waals surface area contributed by atoms with Gasteiger partial charge in [-0.2, -0.15) is 0 Å². The Morgan fingerprint density at radius 3 is 2.56 bits per heavy atom. The van der Waals surface area contributed by atoms with Gasteiger partial charge < -0.3 is 14.2 Å². The van der Waals surface area contributed by atoms with E-state index in [1.165, 1.54) is 18.9 Å². The fourth-order valence-electron chi connectivity index (χ4n) is 3.62. The predicted octanol–water partition coefficient (Wildman–Crippen LogP) is 7.55. The molecule has 2 aromatic heterocycles. The third-order valence-electron chi connectivity index (χ3n) is 6.30. The molecule has 0 fully saturated rings. The van der Waals surface area contributed by atoms with Crippen LogP contribution in [0.5, 0.6) is 5.19 Å². The van der Waals surface area contributed by atoms with Gasteiger partial charge in [0.2, 0.25) is 5.13 Å². The molecular formula is C31H39FN4O4S. The number of aromatic nitrogens is 3. The van der Waals surface area contributed by atoms with Gasteiger partial charge in [-0.15, -0.1) is 5.10 Å². The molecule has 0 aliphatic carbocycles. The fourth-order valence-corrected chi connectivity index (χ4v) is 4.21. The van der Waals surface area contributed by atoms with Crippen LogP contribution in [0.3, 0.4) is 0 Å². The van der Waals surface area contributed by atoms with Crippen LogP contribution in [0.4, 0.5) is 9.52 Å². The molecular weight excluding hydrogens is 543 g/mol. The van der Waals surface area contributed by atoms with Crippen molar-refractivity contribution in [1.82, 2.24) is 15.2 Å². The Balaban J connectivity index is 2.24. The number of carbonyl (C=O) groups excluding carboxylic acids is 1. The van der Waals surface area contributed by atoms with E-state index in [1.807, 2.05) is 39.0 Å². The Morgan fingerprint density at radius 2 is 1.95 bits per heavy atom. The van der Waals surface area contributed by atoms with Gasteiger partial charge in [-0.05, 0) is 75.7 Å². The number of aryl methyl sites for hydroxylation is 1. The van der Waals surface area contributed by atoms with Gasteiger partial charge in [-0.25, -0.2) is 4.39 Å². The number of rotatable bonds is 14. The first-order chi connectivity index (χ1) is 19.7. The smallest absolute Gasteiger partial charge is 0.296 e. The second-order valence-corrected chi connectivity index (χ2v) is 9.87. The third kappa shape index (κ3) is 9.61. The minimum Gasteiger partial charge on any atom is -0.496 e. The molecule has 2 aromatic rings. The summed E-state index contributed by atoms with van der Waals surface area (Å²) in [7, 11) is 3.12. The summed E-state index contributed by atoms with van der Waals surface area (Å²) in [5.41, 5.74) is 4.45. The topological polar surface area (TPSA) is 95.5 Å². The number of halogens is 1. The molecule has 1 atom stereocenters. The van der Waals surface area contributed by atoms with E-state index in [0.29, 0.717) is 22.8 Å². The minimum absolute atomic E-state index is 0.0271. The monoisotopic (exact) mass is 582 g/mol. The zero-order valence-corrected chi connectivity index (χ0v) is 25.8. The van der Waals surface area contributed by atoms with Gasteiger partial charge in [-0.3, -0.25) is 15.1 Å². The van der Waals surface area contributed by atoms with E-state index in [4.69, 9.17) is 14.2 Å². The minimum atomic E-state index is -0.521. The third-order valence-corrected chi connectivity index (χ3v) is 7.05. The Labute approximate surface area is 246 Å². The normalized spacial score (nSPS) is 14.4. The number of carbonyl (C=O) groups is 1. The van der Waals surface area contributed by atoms with E-state index >= 15 is 0 Å². The van der Waals surface area contributed by atoms with Gasteiger partial charge in [-0.1, -0.05) is 48.0 Å². The number of pyridine rings is 1. The Kier molecular flexibility index (Phi) is 13.8. The Hall–Kier alpha value is -3.89.